The molecule has 2 rings (SSSR count). The van der Waals surface area contributed by atoms with Crippen molar-refractivity contribution in [2.75, 3.05) is 11.9 Å². The van der Waals surface area contributed by atoms with Crippen LogP contribution in [0.5, 0.6) is 0 Å². The van der Waals surface area contributed by atoms with Crippen molar-refractivity contribution in [1.82, 2.24) is 5.32 Å². The van der Waals surface area contributed by atoms with Crippen molar-refractivity contribution in [3.8, 4) is 0 Å². The van der Waals surface area contributed by atoms with E-state index in [1.54, 1.807) is 0 Å². The zero-order valence-corrected chi connectivity index (χ0v) is 12.9. The summed E-state index contributed by atoms with van der Waals surface area (Å²) in [7, 11) is 0. The van der Waals surface area contributed by atoms with Crippen LogP contribution in [0.15, 0.2) is 42.5 Å². The Kier molecular flexibility index (Phi) is 4.99. The molecule has 3 heteroatoms. The molecule has 1 amide bonds. The maximum Gasteiger partial charge on any atom is 0.253 e. The van der Waals surface area contributed by atoms with Crippen LogP contribution < -0.4 is 10.6 Å². The molecule has 0 aliphatic carbocycles. The van der Waals surface area contributed by atoms with E-state index in [1.807, 2.05) is 43.3 Å². The van der Waals surface area contributed by atoms with Gasteiger partial charge in [0.15, 0.2) is 0 Å². The van der Waals surface area contributed by atoms with Crippen molar-refractivity contribution >= 4 is 17.3 Å². The highest BCUT2D eigenvalue weighted by Gasteiger charge is 2.11. The van der Waals surface area contributed by atoms with E-state index in [4.69, 9.17) is 0 Å². The molecule has 0 aliphatic rings. The molecule has 0 atom stereocenters. The second-order valence-electron chi connectivity index (χ2n) is 5.17. The predicted molar refractivity (Wildman–Crippen MR) is 88.3 cm³/mol. The van der Waals surface area contributed by atoms with Crippen LogP contribution in [0.4, 0.5) is 11.4 Å². The minimum atomic E-state index is -0.0368. The second kappa shape index (κ2) is 6.93. The molecule has 2 aromatic carbocycles. The van der Waals surface area contributed by atoms with Crippen LogP contribution >= 0.6 is 0 Å². The fourth-order valence-corrected chi connectivity index (χ4v) is 2.16. The number of rotatable bonds is 5. The molecule has 21 heavy (non-hydrogen) atoms. The molecule has 0 saturated heterocycles. The van der Waals surface area contributed by atoms with E-state index in [-0.39, 0.29) is 5.91 Å². The van der Waals surface area contributed by atoms with Crippen LogP contribution in [0.3, 0.4) is 0 Å². The smallest absolute Gasteiger partial charge is 0.253 e. The first kappa shape index (κ1) is 15.1. The molecular formula is C18H22N2O. The van der Waals surface area contributed by atoms with E-state index in [1.165, 1.54) is 11.1 Å². The average molecular weight is 282 g/mol. The number of hydrogen-bond acceptors (Lipinski definition) is 2. The lowest BCUT2D eigenvalue weighted by Crippen LogP contribution is -2.24. The van der Waals surface area contributed by atoms with E-state index < -0.39 is 0 Å². The van der Waals surface area contributed by atoms with Crippen molar-refractivity contribution in [2.24, 2.45) is 0 Å². The maximum atomic E-state index is 12.2. The lowest BCUT2D eigenvalue weighted by molar-refractivity contribution is 0.0954. The molecule has 0 aromatic heterocycles. The number of nitrogens with one attached hydrogen (secondary N) is 2. The zero-order chi connectivity index (χ0) is 15.2. The van der Waals surface area contributed by atoms with Crippen LogP contribution in [0.2, 0.25) is 0 Å². The Bertz CT molecular complexity index is 635. The molecule has 0 fully saturated rings. The fraction of sp³-hybridized carbons (Fsp3) is 0.278. The zero-order valence-electron chi connectivity index (χ0n) is 12.9. The highest BCUT2D eigenvalue weighted by atomic mass is 16.1. The minimum Gasteiger partial charge on any atom is -0.355 e. The fourth-order valence-electron chi connectivity index (χ4n) is 2.16. The normalized spacial score (nSPS) is 10.2. The van der Waals surface area contributed by atoms with E-state index in [0.717, 1.165) is 17.8 Å². The summed E-state index contributed by atoms with van der Waals surface area (Å²) in [5, 5.41) is 6.30. The number of carbonyl (C=O) groups excluding carboxylic acids is 1. The summed E-state index contributed by atoms with van der Waals surface area (Å²) >= 11 is 0. The highest BCUT2D eigenvalue weighted by molar-refractivity contribution is 6.00. The van der Waals surface area contributed by atoms with Crippen molar-refractivity contribution < 1.29 is 4.79 Å². The maximum absolute atomic E-state index is 12.2. The van der Waals surface area contributed by atoms with Gasteiger partial charge in [-0.05, 0) is 49.6 Å². The van der Waals surface area contributed by atoms with Gasteiger partial charge in [0.05, 0.1) is 11.3 Å². The van der Waals surface area contributed by atoms with Gasteiger partial charge in [0.2, 0.25) is 0 Å². The summed E-state index contributed by atoms with van der Waals surface area (Å²) in [5.41, 5.74) is 4.96. The van der Waals surface area contributed by atoms with Gasteiger partial charge in [-0.2, -0.15) is 0 Å². The van der Waals surface area contributed by atoms with Crippen LogP contribution in [0, 0.1) is 13.8 Å². The number of hydrogen-bond donors (Lipinski definition) is 2. The summed E-state index contributed by atoms with van der Waals surface area (Å²) < 4.78 is 0. The van der Waals surface area contributed by atoms with E-state index in [9.17, 15) is 4.79 Å². The van der Waals surface area contributed by atoms with Gasteiger partial charge in [0.25, 0.3) is 5.91 Å². The third-order valence-electron chi connectivity index (χ3n) is 3.58. The molecule has 0 heterocycles. The molecule has 0 aliphatic heterocycles. The van der Waals surface area contributed by atoms with Crippen molar-refractivity contribution in [1.29, 1.82) is 0 Å². The Morgan fingerprint density at radius 2 is 1.71 bits per heavy atom. The van der Waals surface area contributed by atoms with Gasteiger partial charge in [-0.25, -0.2) is 0 Å². The SMILES string of the molecule is CCCNC(=O)c1ccccc1Nc1cccc(C)c1C. The van der Waals surface area contributed by atoms with Gasteiger partial charge in [0.1, 0.15) is 0 Å². The van der Waals surface area contributed by atoms with Crippen molar-refractivity contribution in [3.05, 3.63) is 59.2 Å². The van der Waals surface area contributed by atoms with Crippen LogP contribution in [-0.4, -0.2) is 12.5 Å². The Morgan fingerprint density at radius 3 is 2.48 bits per heavy atom. The summed E-state index contributed by atoms with van der Waals surface area (Å²) in [6.45, 7) is 6.90. The Labute approximate surface area is 126 Å². The lowest BCUT2D eigenvalue weighted by atomic mass is 10.1. The number of anilines is 2. The number of benzene rings is 2. The first-order valence-corrected chi connectivity index (χ1v) is 7.34. The van der Waals surface area contributed by atoms with E-state index in [0.29, 0.717) is 12.1 Å². The standard InChI is InChI=1S/C18H22N2O/c1-4-12-19-18(21)15-9-5-6-10-17(15)20-16-11-7-8-13(2)14(16)3/h5-11,20H,4,12H2,1-3H3,(H,19,21). The minimum absolute atomic E-state index is 0.0368. The molecule has 110 valence electrons. The Hall–Kier alpha value is -2.29. The molecule has 0 bridgehead atoms. The molecule has 2 N–H and O–H groups in total. The third kappa shape index (κ3) is 3.63. The van der Waals surface area contributed by atoms with Crippen LogP contribution in [-0.2, 0) is 0 Å². The summed E-state index contributed by atoms with van der Waals surface area (Å²) in [6.07, 6.45) is 0.929. The molecular weight excluding hydrogens is 260 g/mol. The Morgan fingerprint density at radius 1 is 1.00 bits per heavy atom. The molecule has 0 radical (unpaired) electrons. The number of para-hydroxylation sites is 1. The lowest BCUT2D eigenvalue weighted by Gasteiger charge is -2.14. The van der Waals surface area contributed by atoms with Gasteiger partial charge < -0.3 is 10.6 Å². The monoisotopic (exact) mass is 282 g/mol. The van der Waals surface area contributed by atoms with Gasteiger partial charge in [0, 0.05) is 12.2 Å². The number of amides is 1. The molecule has 0 spiro atoms. The van der Waals surface area contributed by atoms with E-state index >= 15 is 0 Å². The topological polar surface area (TPSA) is 41.1 Å². The third-order valence-corrected chi connectivity index (χ3v) is 3.58. The largest absolute Gasteiger partial charge is 0.355 e. The van der Waals surface area contributed by atoms with Gasteiger partial charge in [-0.3, -0.25) is 4.79 Å². The first-order valence-electron chi connectivity index (χ1n) is 7.34. The molecule has 3 nitrogen and oxygen atoms in total. The van der Waals surface area contributed by atoms with Crippen LogP contribution in [0.25, 0.3) is 0 Å². The highest BCUT2D eigenvalue weighted by Crippen LogP contribution is 2.25. The Balaban J connectivity index is 2.28. The summed E-state index contributed by atoms with van der Waals surface area (Å²) in [5.74, 6) is -0.0368. The van der Waals surface area contributed by atoms with E-state index in [2.05, 4.69) is 30.5 Å². The summed E-state index contributed by atoms with van der Waals surface area (Å²) in [6, 6.07) is 13.7. The van der Waals surface area contributed by atoms with Crippen LogP contribution in [0.1, 0.15) is 34.8 Å². The number of carbonyl (C=O) groups is 1. The molecule has 0 unspecified atom stereocenters. The number of aryl methyl sites for hydroxylation is 1. The van der Waals surface area contributed by atoms with Gasteiger partial charge in [-0.15, -0.1) is 0 Å². The molecule has 2 aromatic rings. The molecule has 0 saturated carbocycles. The second-order valence-corrected chi connectivity index (χ2v) is 5.17. The average Bonchev–Trinajstić information content (AvgIpc) is 2.50. The summed E-state index contributed by atoms with van der Waals surface area (Å²) in [4.78, 5) is 12.2. The van der Waals surface area contributed by atoms with Crippen molar-refractivity contribution in [3.63, 3.8) is 0 Å². The van der Waals surface area contributed by atoms with Crippen molar-refractivity contribution in [2.45, 2.75) is 27.2 Å². The van der Waals surface area contributed by atoms with Gasteiger partial charge in [-0.1, -0.05) is 31.2 Å². The van der Waals surface area contributed by atoms with Gasteiger partial charge >= 0.3 is 0 Å². The first-order chi connectivity index (χ1) is 10.1. The predicted octanol–water partition coefficient (Wildman–Crippen LogP) is 4.19. The quantitative estimate of drug-likeness (QED) is 0.863.